The summed E-state index contributed by atoms with van der Waals surface area (Å²) >= 11 is 0. The van der Waals surface area contributed by atoms with Crippen LogP contribution in [0.5, 0.6) is 5.75 Å². The average molecular weight is 488 g/mol. The molecule has 1 saturated heterocycles. The Kier molecular flexibility index (Phi) is 9.35. The molecule has 7 heteroatoms. The highest BCUT2D eigenvalue weighted by molar-refractivity contribution is 14.0. The van der Waals surface area contributed by atoms with E-state index in [-0.39, 0.29) is 36.5 Å². The molecule has 0 aromatic heterocycles. The monoisotopic (exact) mass is 488 g/mol. The first kappa shape index (κ1) is 23.5. The maximum absolute atomic E-state index is 11.7. The third-order valence-electron chi connectivity index (χ3n) is 4.48. The molecule has 0 bridgehead atoms. The van der Waals surface area contributed by atoms with Gasteiger partial charge in [-0.1, -0.05) is 26.0 Å². The van der Waals surface area contributed by atoms with Gasteiger partial charge in [0, 0.05) is 33.7 Å². The highest BCUT2D eigenvalue weighted by atomic mass is 127. The number of ether oxygens (including phenoxy) is 1. The van der Waals surface area contributed by atoms with Crippen LogP contribution in [0.4, 0.5) is 0 Å². The van der Waals surface area contributed by atoms with Crippen LogP contribution in [0.3, 0.4) is 0 Å². The molecule has 0 radical (unpaired) electrons. The third kappa shape index (κ3) is 7.56. The zero-order valence-corrected chi connectivity index (χ0v) is 19.4. The number of likely N-dealkylation sites (N-methyl/N-ethyl adjacent to an activating group) is 1. The summed E-state index contributed by atoms with van der Waals surface area (Å²) in [6, 6.07) is 7.78. The second-order valence-electron chi connectivity index (χ2n) is 7.73. The standard InChI is InChI=1S/C20H32N4O2.HI/c1-6-21-19(24-11-10-20(2,3)15-24)22-13-16-8-7-9-17(12-16)26-14-18(25)23(4)5;/h7-9,12H,6,10-11,13-15H2,1-5H3,(H,21,22);1H. The van der Waals surface area contributed by atoms with Gasteiger partial charge in [0.25, 0.3) is 5.91 Å². The quantitative estimate of drug-likeness (QED) is 0.380. The number of nitrogens with one attached hydrogen (secondary N) is 1. The van der Waals surface area contributed by atoms with E-state index in [1.807, 2.05) is 24.3 Å². The van der Waals surface area contributed by atoms with Crippen molar-refractivity contribution in [2.45, 2.75) is 33.7 Å². The maximum Gasteiger partial charge on any atom is 0.259 e. The van der Waals surface area contributed by atoms with E-state index >= 15 is 0 Å². The van der Waals surface area contributed by atoms with Gasteiger partial charge >= 0.3 is 0 Å². The Morgan fingerprint density at radius 1 is 1.37 bits per heavy atom. The van der Waals surface area contributed by atoms with E-state index in [0.29, 0.717) is 17.7 Å². The lowest BCUT2D eigenvalue weighted by Gasteiger charge is -2.23. The van der Waals surface area contributed by atoms with E-state index in [1.165, 1.54) is 11.3 Å². The van der Waals surface area contributed by atoms with Crippen LogP contribution in [-0.4, -0.2) is 62.0 Å². The number of likely N-dealkylation sites (tertiary alicyclic amines) is 1. The van der Waals surface area contributed by atoms with Gasteiger partial charge in [0.2, 0.25) is 0 Å². The van der Waals surface area contributed by atoms with Crippen LogP contribution in [0.1, 0.15) is 32.8 Å². The van der Waals surface area contributed by atoms with E-state index in [9.17, 15) is 4.79 Å². The zero-order valence-electron chi connectivity index (χ0n) is 17.1. The number of benzene rings is 1. The lowest BCUT2D eigenvalue weighted by atomic mass is 9.93. The number of nitrogens with zero attached hydrogens (tertiary/aromatic N) is 3. The molecule has 1 aliphatic heterocycles. The summed E-state index contributed by atoms with van der Waals surface area (Å²) < 4.78 is 5.59. The molecule has 0 atom stereocenters. The summed E-state index contributed by atoms with van der Waals surface area (Å²) in [5.41, 5.74) is 1.40. The summed E-state index contributed by atoms with van der Waals surface area (Å²) in [6.07, 6.45) is 1.18. The predicted octanol–water partition coefficient (Wildman–Crippen LogP) is 2.97. The first-order valence-corrected chi connectivity index (χ1v) is 9.26. The molecular weight excluding hydrogens is 455 g/mol. The van der Waals surface area contributed by atoms with Crippen LogP contribution in [0.15, 0.2) is 29.3 Å². The Morgan fingerprint density at radius 2 is 2.11 bits per heavy atom. The van der Waals surface area contributed by atoms with Crippen molar-refractivity contribution in [3.05, 3.63) is 29.8 Å². The molecule has 6 nitrogen and oxygen atoms in total. The number of guanidine groups is 1. The Hall–Kier alpha value is -1.51. The van der Waals surface area contributed by atoms with Crippen LogP contribution in [0.2, 0.25) is 0 Å². The number of rotatable bonds is 6. The second kappa shape index (κ2) is 10.7. The van der Waals surface area contributed by atoms with Gasteiger partial charge in [-0.15, -0.1) is 24.0 Å². The molecule has 27 heavy (non-hydrogen) atoms. The van der Waals surface area contributed by atoms with Crippen molar-refractivity contribution < 1.29 is 9.53 Å². The number of hydrogen-bond donors (Lipinski definition) is 1. The molecule has 0 saturated carbocycles. The smallest absolute Gasteiger partial charge is 0.259 e. The first-order chi connectivity index (χ1) is 12.3. The normalized spacial score (nSPS) is 15.9. The highest BCUT2D eigenvalue weighted by Crippen LogP contribution is 2.28. The van der Waals surface area contributed by atoms with Crippen LogP contribution in [0.25, 0.3) is 0 Å². The van der Waals surface area contributed by atoms with Gasteiger partial charge in [-0.3, -0.25) is 4.79 Å². The number of carbonyl (C=O) groups excluding carboxylic acids is 1. The van der Waals surface area contributed by atoms with Gasteiger partial charge in [0.15, 0.2) is 12.6 Å². The van der Waals surface area contributed by atoms with Crippen LogP contribution in [0, 0.1) is 5.41 Å². The van der Waals surface area contributed by atoms with Crippen molar-refractivity contribution in [3.8, 4) is 5.75 Å². The lowest BCUT2D eigenvalue weighted by molar-refractivity contribution is -0.130. The van der Waals surface area contributed by atoms with Crippen LogP contribution in [-0.2, 0) is 11.3 Å². The highest BCUT2D eigenvalue weighted by Gasteiger charge is 2.30. The molecule has 152 valence electrons. The van der Waals surface area contributed by atoms with Crippen molar-refractivity contribution in [2.24, 2.45) is 10.4 Å². The minimum Gasteiger partial charge on any atom is -0.484 e. The van der Waals surface area contributed by atoms with Gasteiger partial charge in [-0.25, -0.2) is 4.99 Å². The zero-order chi connectivity index (χ0) is 19.2. The predicted molar refractivity (Wildman–Crippen MR) is 121 cm³/mol. The summed E-state index contributed by atoms with van der Waals surface area (Å²) in [6.45, 7) is 10.2. The molecule has 1 aromatic carbocycles. The minimum absolute atomic E-state index is 0. The minimum atomic E-state index is -0.0560. The molecule has 0 aliphatic carbocycles. The summed E-state index contributed by atoms with van der Waals surface area (Å²) in [7, 11) is 3.44. The Labute approximate surface area is 180 Å². The average Bonchev–Trinajstić information content (AvgIpc) is 2.96. The van der Waals surface area contributed by atoms with Gasteiger partial charge in [0.05, 0.1) is 6.54 Å². The van der Waals surface area contributed by atoms with E-state index < -0.39 is 0 Å². The van der Waals surface area contributed by atoms with Crippen LogP contribution < -0.4 is 10.1 Å². The lowest BCUT2D eigenvalue weighted by Crippen LogP contribution is -2.40. The number of carbonyl (C=O) groups is 1. The second-order valence-corrected chi connectivity index (χ2v) is 7.73. The Bertz CT molecular complexity index is 647. The third-order valence-corrected chi connectivity index (χ3v) is 4.48. The van der Waals surface area contributed by atoms with E-state index in [4.69, 9.17) is 9.73 Å². The van der Waals surface area contributed by atoms with Crippen molar-refractivity contribution in [1.82, 2.24) is 15.1 Å². The Balaban J connectivity index is 0.00000364. The molecule has 0 unspecified atom stereocenters. The molecule has 0 spiro atoms. The molecule has 1 aliphatic rings. The van der Waals surface area contributed by atoms with E-state index in [0.717, 1.165) is 31.2 Å². The Morgan fingerprint density at radius 3 is 2.70 bits per heavy atom. The fraction of sp³-hybridized carbons (Fsp3) is 0.600. The SMILES string of the molecule is CCNC(=NCc1cccc(OCC(=O)N(C)C)c1)N1CCC(C)(C)C1.I. The summed E-state index contributed by atoms with van der Waals surface area (Å²) in [4.78, 5) is 20.3. The molecule has 1 N–H and O–H groups in total. The van der Waals surface area contributed by atoms with Gasteiger partial charge < -0.3 is 19.9 Å². The number of halogens is 1. The molecule has 1 fully saturated rings. The van der Waals surface area contributed by atoms with Gasteiger partial charge in [-0.2, -0.15) is 0 Å². The van der Waals surface area contributed by atoms with E-state index in [1.54, 1.807) is 14.1 Å². The number of hydrogen-bond acceptors (Lipinski definition) is 3. The van der Waals surface area contributed by atoms with E-state index in [2.05, 4.69) is 31.0 Å². The number of amides is 1. The van der Waals surface area contributed by atoms with Crippen molar-refractivity contribution in [3.63, 3.8) is 0 Å². The molecule has 1 amide bonds. The fourth-order valence-electron chi connectivity index (χ4n) is 2.89. The molecule has 1 aromatic rings. The van der Waals surface area contributed by atoms with Crippen LogP contribution >= 0.6 is 24.0 Å². The number of aliphatic imine (C=N–C) groups is 1. The topological polar surface area (TPSA) is 57.2 Å². The van der Waals surface area contributed by atoms with Crippen molar-refractivity contribution in [1.29, 1.82) is 0 Å². The van der Waals surface area contributed by atoms with Crippen molar-refractivity contribution >= 4 is 35.8 Å². The molecule has 2 rings (SSSR count). The molecule has 1 heterocycles. The fourth-order valence-corrected chi connectivity index (χ4v) is 2.89. The summed E-state index contributed by atoms with van der Waals surface area (Å²) in [5.74, 6) is 1.60. The maximum atomic E-state index is 11.7. The van der Waals surface area contributed by atoms with Gasteiger partial charge in [0.1, 0.15) is 5.75 Å². The summed E-state index contributed by atoms with van der Waals surface area (Å²) in [5, 5.41) is 3.39. The van der Waals surface area contributed by atoms with Gasteiger partial charge in [-0.05, 0) is 36.5 Å². The largest absolute Gasteiger partial charge is 0.484 e. The first-order valence-electron chi connectivity index (χ1n) is 9.26. The van der Waals surface area contributed by atoms with Crippen molar-refractivity contribution in [2.75, 3.05) is 40.3 Å². The molecular formula is C20H33IN4O2.